The van der Waals surface area contributed by atoms with Crippen LogP contribution >= 0.6 is 0 Å². The van der Waals surface area contributed by atoms with Gasteiger partial charge in [-0.05, 0) is 37.2 Å². The van der Waals surface area contributed by atoms with Gasteiger partial charge in [-0.15, -0.1) is 0 Å². The first-order chi connectivity index (χ1) is 9.10. The third-order valence-corrected chi connectivity index (χ3v) is 3.96. The summed E-state index contributed by atoms with van der Waals surface area (Å²) in [7, 11) is 0. The molecule has 1 fully saturated rings. The van der Waals surface area contributed by atoms with Crippen LogP contribution in [0.1, 0.15) is 44.2 Å². The third-order valence-electron chi connectivity index (χ3n) is 3.96. The summed E-state index contributed by atoms with van der Waals surface area (Å²) in [5, 5.41) is 12.3. The summed E-state index contributed by atoms with van der Waals surface area (Å²) in [6.07, 6.45) is 3.60. The van der Waals surface area contributed by atoms with Gasteiger partial charge in [0.05, 0.1) is 5.56 Å². The molecule has 1 aromatic rings. The summed E-state index contributed by atoms with van der Waals surface area (Å²) >= 11 is 0. The largest absolute Gasteiger partial charge is 0.310 e. The number of benzene rings is 1. The molecule has 0 aliphatic heterocycles. The number of nitrogens with zero attached hydrogens (tertiary/aromatic N) is 1. The lowest BCUT2D eigenvalue weighted by molar-refractivity contribution is 0.237. The fraction of sp³-hybridized carbons (Fsp3) is 0.562. The molecule has 1 aliphatic carbocycles. The van der Waals surface area contributed by atoms with Crippen LogP contribution in [-0.2, 0) is 6.54 Å². The lowest BCUT2D eigenvalue weighted by atomic mass is 9.80. The monoisotopic (exact) mass is 260 g/mol. The molecule has 19 heavy (non-hydrogen) atoms. The minimum Gasteiger partial charge on any atom is -0.310 e. The molecule has 2 nitrogen and oxygen atoms in total. The Balaban J connectivity index is 1.97. The Morgan fingerprint density at radius 1 is 1.26 bits per heavy atom. The van der Waals surface area contributed by atoms with Crippen molar-refractivity contribution in [1.29, 1.82) is 5.26 Å². The molecule has 3 heteroatoms. The first-order valence-electron chi connectivity index (χ1n) is 7.01. The highest BCUT2D eigenvalue weighted by Crippen LogP contribution is 2.28. The Morgan fingerprint density at radius 3 is 2.58 bits per heavy atom. The lowest BCUT2D eigenvalue weighted by Crippen LogP contribution is -2.36. The van der Waals surface area contributed by atoms with Gasteiger partial charge in [0.25, 0.3) is 0 Å². The van der Waals surface area contributed by atoms with E-state index in [0.29, 0.717) is 18.2 Å². The molecule has 102 valence electrons. The van der Waals surface area contributed by atoms with Gasteiger partial charge in [-0.3, -0.25) is 0 Å². The molecule has 2 rings (SSSR count). The van der Waals surface area contributed by atoms with E-state index in [2.05, 4.69) is 19.2 Å². The van der Waals surface area contributed by atoms with E-state index >= 15 is 0 Å². The highest BCUT2D eigenvalue weighted by Gasteiger charge is 2.23. The fourth-order valence-corrected chi connectivity index (χ4v) is 3.17. The van der Waals surface area contributed by atoms with Crippen molar-refractivity contribution in [2.75, 3.05) is 0 Å². The van der Waals surface area contributed by atoms with Gasteiger partial charge in [0, 0.05) is 18.2 Å². The van der Waals surface area contributed by atoms with E-state index in [9.17, 15) is 4.39 Å². The predicted molar refractivity (Wildman–Crippen MR) is 73.9 cm³/mol. The summed E-state index contributed by atoms with van der Waals surface area (Å²) in [5.41, 5.74) is 0.717. The molecule has 0 aromatic heterocycles. The highest BCUT2D eigenvalue weighted by atomic mass is 19.1. The molecule has 0 saturated heterocycles. The van der Waals surface area contributed by atoms with E-state index in [-0.39, 0.29) is 11.4 Å². The minimum atomic E-state index is -0.380. The second kappa shape index (κ2) is 6.16. The normalized spacial score (nSPS) is 26.9. The summed E-state index contributed by atoms with van der Waals surface area (Å²) in [5.74, 6) is 1.09. The van der Waals surface area contributed by atoms with Crippen molar-refractivity contribution in [3.8, 4) is 6.07 Å². The number of nitriles is 1. The van der Waals surface area contributed by atoms with Crippen molar-refractivity contribution < 1.29 is 4.39 Å². The lowest BCUT2D eigenvalue weighted by Gasteiger charge is -2.32. The van der Waals surface area contributed by atoms with E-state index in [1.807, 2.05) is 6.07 Å². The predicted octanol–water partition coefficient (Wildman–Crippen LogP) is 3.61. The van der Waals surface area contributed by atoms with Crippen molar-refractivity contribution in [1.82, 2.24) is 5.32 Å². The van der Waals surface area contributed by atoms with Crippen LogP contribution in [0.25, 0.3) is 0 Å². The highest BCUT2D eigenvalue weighted by molar-refractivity contribution is 5.34. The molecule has 0 radical (unpaired) electrons. The first kappa shape index (κ1) is 14.0. The Labute approximate surface area is 114 Å². The van der Waals surface area contributed by atoms with Crippen molar-refractivity contribution in [2.24, 2.45) is 11.8 Å². The van der Waals surface area contributed by atoms with Crippen LogP contribution < -0.4 is 5.32 Å². The average molecular weight is 260 g/mol. The molecular weight excluding hydrogens is 239 g/mol. The molecule has 1 saturated carbocycles. The van der Waals surface area contributed by atoms with Crippen LogP contribution in [0.4, 0.5) is 4.39 Å². The van der Waals surface area contributed by atoms with Crippen LogP contribution in [-0.4, -0.2) is 6.04 Å². The quantitative estimate of drug-likeness (QED) is 0.901. The van der Waals surface area contributed by atoms with Gasteiger partial charge in [0.2, 0.25) is 0 Å². The molecule has 0 spiro atoms. The number of hydrogen-bond donors (Lipinski definition) is 1. The maximum Gasteiger partial charge on any atom is 0.145 e. The van der Waals surface area contributed by atoms with Crippen LogP contribution in [0, 0.1) is 29.0 Å². The van der Waals surface area contributed by atoms with E-state index in [0.717, 1.165) is 24.7 Å². The van der Waals surface area contributed by atoms with Gasteiger partial charge in [-0.25, -0.2) is 4.39 Å². The van der Waals surface area contributed by atoms with Crippen LogP contribution in [0.3, 0.4) is 0 Å². The van der Waals surface area contributed by atoms with Gasteiger partial charge in [0.15, 0.2) is 0 Å². The number of halogens is 1. The molecular formula is C16H21FN2. The maximum atomic E-state index is 13.9. The van der Waals surface area contributed by atoms with Gasteiger partial charge in [-0.1, -0.05) is 26.0 Å². The Kier molecular flexibility index (Phi) is 4.55. The zero-order valence-electron chi connectivity index (χ0n) is 11.6. The number of hydrogen-bond acceptors (Lipinski definition) is 2. The molecule has 1 aromatic carbocycles. The summed E-state index contributed by atoms with van der Waals surface area (Å²) < 4.78 is 13.9. The minimum absolute atomic E-state index is 0.129. The van der Waals surface area contributed by atoms with E-state index in [4.69, 9.17) is 5.26 Å². The molecule has 0 bridgehead atoms. The van der Waals surface area contributed by atoms with E-state index < -0.39 is 0 Å². The Bertz CT molecular complexity index is 468. The third kappa shape index (κ3) is 3.54. The summed E-state index contributed by atoms with van der Waals surface area (Å²) in [4.78, 5) is 0. The van der Waals surface area contributed by atoms with Crippen molar-refractivity contribution >= 4 is 0 Å². The standard InChI is InChI=1S/C16H21FN2/c1-11-6-12(2)8-15(7-11)19-10-14-5-3-4-13(9-18)16(14)17/h3-5,11-12,15,19H,6-8,10H2,1-2H3. The van der Waals surface area contributed by atoms with Crippen molar-refractivity contribution in [3.63, 3.8) is 0 Å². The average Bonchev–Trinajstić information content (AvgIpc) is 2.36. The Hall–Kier alpha value is -1.40. The zero-order valence-corrected chi connectivity index (χ0v) is 11.6. The molecule has 2 unspecified atom stereocenters. The van der Waals surface area contributed by atoms with Crippen LogP contribution in [0.15, 0.2) is 18.2 Å². The smallest absolute Gasteiger partial charge is 0.145 e. The molecule has 1 N–H and O–H groups in total. The van der Waals surface area contributed by atoms with Gasteiger partial charge >= 0.3 is 0 Å². The fourth-order valence-electron chi connectivity index (χ4n) is 3.17. The number of nitrogens with one attached hydrogen (secondary N) is 1. The van der Waals surface area contributed by atoms with E-state index in [1.165, 1.54) is 12.5 Å². The van der Waals surface area contributed by atoms with Gasteiger partial charge in [-0.2, -0.15) is 5.26 Å². The second-order valence-corrected chi connectivity index (χ2v) is 5.89. The molecule has 2 atom stereocenters. The zero-order chi connectivity index (χ0) is 13.8. The summed E-state index contributed by atoms with van der Waals surface area (Å²) in [6, 6.07) is 7.35. The van der Waals surface area contributed by atoms with Gasteiger partial charge < -0.3 is 5.32 Å². The van der Waals surface area contributed by atoms with Crippen LogP contribution in [0.2, 0.25) is 0 Å². The number of rotatable bonds is 3. The van der Waals surface area contributed by atoms with E-state index in [1.54, 1.807) is 12.1 Å². The van der Waals surface area contributed by atoms with Gasteiger partial charge in [0.1, 0.15) is 11.9 Å². The molecule has 0 amide bonds. The Morgan fingerprint density at radius 2 is 1.95 bits per heavy atom. The maximum absolute atomic E-state index is 13.9. The molecule has 1 aliphatic rings. The second-order valence-electron chi connectivity index (χ2n) is 5.89. The molecule has 0 heterocycles. The topological polar surface area (TPSA) is 35.8 Å². The van der Waals surface area contributed by atoms with Crippen LogP contribution in [0.5, 0.6) is 0 Å². The first-order valence-corrected chi connectivity index (χ1v) is 7.01. The summed E-state index contributed by atoms with van der Waals surface area (Å²) in [6.45, 7) is 5.06. The van der Waals surface area contributed by atoms with Crippen molar-refractivity contribution in [3.05, 3.63) is 35.1 Å². The van der Waals surface area contributed by atoms with Crippen molar-refractivity contribution in [2.45, 2.75) is 45.7 Å². The SMILES string of the molecule is CC1CC(C)CC(NCc2cccc(C#N)c2F)C1.